The summed E-state index contributed by atoms with van der Waals surface area (Å²) in [5.41, 5.74) is 3.57. The first-order valence-electron chi connectivity index (χ1n) is 10.3. The van der Waals surface area contributed by atoms with E-state index in [4.69, 9.17) is 21.1 Å². The van der Waals surface area contributed by atoms with Crippen LogP contribution in [0.15, 0.2) is 66.4 Å². The molecule has 4 rings (SSSR count). The molecule has 0 bridgehead atoms. The minimum absolute atomic E-state index is 0.132. The molecule has 1 aliphatic heterocycles. The predicted octanol–water partition coefficient (Wildman–Crippen LogP) is 5.37. The van der Waals surface area contributed by atoms with Crippen molar-refractivity contribution >= 4 is 40.4 Å². The van der Waals surface area contributed by atoms with Gasteiger partial charge in [-0.15, -0.1) is 0 Å². The molecule has 0 unspecified atom stereocenters. The largest absolute Gasteiger partial charge is 0.496 e. The van der Waals surface area contributed by atoms with Gasteiger partial charge in [-0.05, 0) is 55.3 Å². The normalized spacial score (nSPS) is 13.5. The lowest BCUT2D eigenvalue weighted by molar-refractivity contribution is -0.120. The highest BCUT2D eigenvalue weighted by molar-refractivity contribution is 6.47. The van der Waals surface area contributed by atoms with Gasteiger partial charge >= 0.3 is 0 Å². The van der Waals surface area contributed by atoms with E-state index in [1.54, 1.807) is 55.6 Å². The van der Waals surface area contributed by atoms with Crippen molar-refractivity contribution in [1.82, 2.24) is 0 Å². The molecule has 0 aliphatic carbocycles. The average Bonchev–Trinajstić information content (AvgIpc) is 3.04. The maximum absolute atomic E-state index is 13.7. The Bertz CT molecular complexity index is 1300. The summed E-state index contributed by atoms with van der Waals surface area (Å²) in [5.74, 6) is 0.0674. The Morgan fingerprint density at radius 1 is 0.848 bits per heavy atom. The first kappa shape index (κ1) is 22.4. The molecule has 1 heterocycles. The van der Waals surface area contributed by atoms with Crippen LogP contribution in [0, 0.1) is 13.8 Å². The fraction of sp³-hybridized carbons (Fsp3) is 0.154. The van der Waals surface area contributed by atoms with Gasteiger partial charge in [-0.1, -0.05) is 41.9 Å². The van der Waals surface area contributed by atoms with Gasteiger partial charge in [0, 0.05) is 10.6 Å². The third-order valence-electron chi connectivity index (χ3n) is 5.49. The third kappa shape index (κ3) is 4.05. The second-order valence-corrected chi connectivity index (χ2v) is 8.09. The number of anilines is 2. The number of ether oxygens (including phenoxy) is 2. The number of nitrogens with zero attached hydrogens (tertiary/aromatic N) is 1. The maximum atomic E-state index is 13.7. The maximum Gasteiger partial charge on any atom is 0.282 e. The van der Waals surface area contributed by atoms with E-state index in [2.05, 4.69) is 5.32 Å². The number of para-hydroxylation sites is 1. The molecule has 2 amide bonds. The zero-order valence-electron chi connectivity index (χ0n) is 18.7. The van der Waals surface area contributed by atoms with Crippen LogP contribution in [0.4, 0.5) is 11.4 Å². The second kappa shape index (κ2) is 9.00. The van der Waals surface area contributed by atoms with Gasteiger partial charge in [-0.25, -0.2) is 4.90 Å². The number of halogens is 1. The zero-order valence-corrected chi connectivity index (χ0v) is 19.5. The summed E-state index contributed by atoms with van der Waals surface area (Å²) in [6.45, 7) is 3.76. The molecular weight excluding hydrogens is 440 g/mol. The third-order valence-corrected chi connectivity index (χ3v) is 5.72. The van der Waals surface area contributed by atoms with Crippen LogP contribution in [-0.2, 0) is 9.59 Å². The van der Waals surface area contributed by atoms with Gasteiger partial charge in [-0.3, -0.25) is 9.59 Å². The number of hydrogen-bond donors (Lipinski definition) is 1. The SMILES string of the molecule is COc1ccc(C)cc1NC1=C(c2ccccc2OC)C(=O)N(c2cc(Cl)ccc2C)C1=O. The van der Waals surface area contributed by atoms with Crippen LogP contribution >= 0.6 is 11.6 Å². The Labute approximate surface area is 197 Å². The van der Waals surface area contributed by atoms with E-state index in [1.807, 2.05) is 26.0 Å². The first-order chi connectivity index (χ1) is 15.8. The highest BCUT2D eigenvalue weighted by Crippen LogP contribution is 2.40. The summed E-state index contributed by atoms with van der Waals surface area (Å²) < 4.78 is 11.0. The number of carbonyl (C=O) groups excluding carboxylic acids is 2. The van der Waals surface area contributed by atoms with E-state index < -0.39 is 11.8 Å². The molecule has 0 spiro atoms. The molecule has 168 valence electrons. The molecule has 0 aromatic heterocycles. The molecule has 6 nitrogen and oxygen atoms in total. The molecule has 7 heteroatoms. The van der Waals surface area contributed by atoms with Gasteiger partial charge in [0.2, 0.25) is 0 Å². The van der Waals surface area contributed by atoms with Gasteiger partial charge in [0.1, 0.15) is 17.2 Å². The van der Waals surface area contributed by atoms with Crippen molar-refractivity contribution in [3.05, 3.63) is 88.1 Å². The van der Waals surface area contributed by atoms with Crippen molar-refractivity contribution in [2.24, 2.45) is 0 Å². The molecule has 0 saturated heterocycles. The van der Waals surface area contributed by atoms with Gasteiger partial charge in [0.15, 0.2) is 0 Å². The molecule has 33 heavy (non-hydrogen) atoms. The van der Waals surface area contributed by atoms with Crippen molar-refractivity contribution in [2.75, 3.05) is 24.4 Å². The lowest BCUT2D eigenvalue weighted by Gasteiger charge is -2.18. The van der Waals surface area contributed by atoms with E-state index in [0.717, 1.165) is 16.0 Å². The summed E-state index contributed by atoms with van der Waals surface area (Å²) in [6.07, 6.45) is 0. The molecule has 1 N–H and O–H groups in total. The minimum atomic E-state index is -0.491. The summed E-state index contributed by atoms with van der Waals surface area (Å²) >= 11 is 6.20. The van der Waals surface area contributed by atoms with Crippen LogP contribution in [0.1, 0.15) is 16.7 Å². The Hall–Kier alpha value is -3.77. The van der Waals surface area contributed by atoms with Crippen molar-refractivity contribution in [1.29, 1.82) is 0 Å². The number of imide groups is 1. The summed E-state index contributed by atoms with van der Waals surface area (Å²) in [6, 6.07) is 17.8. The molecule has 0 saturated carbocycles. The number of carbonyl (C=O) groups is 2. The zero-order chi connectivity index (χ0) is 23.7. The van der Waals surface area contributed by atoms with E-state index in [1.165, 1.54) is 7.11 Å². The minimum Gasteiger partial charge on any atom is -0.496 e. The number of hydrogen-bond acceptors (Lipinski definition) is 5. The van der Waals surface area contributed by atoms with E-state index in [-0.39, 0.29) is 11.3 Å². The van der Waals surface area contributed by atoms with Crippen LogP contribution in [-0.4, -0.2) is 26.0 Å². The molecule has 3 aromatic carbocycles. The van der Waals surface area contributed by atoms with Crippen LogP contribution in [0.5, 0.6) is 11.5 Å². The predicted molar refractivity (Wildman–Crippen MR) is 130 cm³/mol. The first-order valence-corrected chi connectivity index (χ1v) is 10.7. The van der Waals surface area contributed by atoms with Crippen molar-refractivity contribution in [3.8, 4) is 11.5 Å². The summed E-state index contributed by atoms with van der Waals surface area (Å²) in [7, 11) is 3.07. The number of benzene rings is 3. The van der Waals surface area contributed by atoms with Crippen molar-refractivity contribution in [3.63, 3.8) is 0 Å². The fourth-order valence-electron chi connectivity index (χ4n) is 3.84. The van der Waals surface area contributed by atoms with E-state index in [9.17, 15) is 9.59 Å². The van der Waals surface area contributed by atoms with Crippen LogP contribution in [0.2, 0.25) is 5.02 Å². The molecule has 0 atom stereocenters. The van der Waals surface area contributed by atoms with Crippen LogP contribution < -0.4 is 19.7 Å². The molecule has 3 aromatic rings. The van der Waals surface area contributed by atoms with Gasteiger partial charge in [-0.2, -0.15) is 0 Å². The lowest BCUT2D eigenvalue weighted by Crippen LogP contribution is -2.33. The number of aryl methyl sites for hydroxylation is 2. The Morgan fingerprint density at radius 2 is 1.58 bits per heavy atom. The number of amides is 2. The lowest BCUT2D eigenvalue weighted by atomic mass is 10.0. The van der Waals surface area contributed by atoms with E-state index in [0.29, 0.717) is 33.5 Å². The Balaban J connectivity index is 1.92. The molecule has 1 aliphatic rings. The standard InChI is InChI=1S/C26H23ClN2O4/c1-15-9-12-22(33-4)19(13-15)28-24-23(18-7-5-6-8-21(18)32-3)25(30)29(26(24)31)20-14-17(27)11-10-16(20)2/h5-14,28H,1-4H3. The second-order valence-electron chi connectivity index (χ2n) is 7.66. The van der Waals surface area contributed by atoms with Crippen LogP contribution in [0.3, 0.4) is 0 Å². The van der Waals surface area contributed by atoms with Crippen molar-refractivity contribution in [2.45, 2.75) is 13.8 Å². The number of methoxy groups -OCH3 is 2. The average molecular weight is 463 g/mol. The van der Waals surface area contributed by atoms with Gasteiger partial charge in [0.25, 0.3) is 11.8 Å². The Kier molecular flexibility index (Phi) is 6.11. The van der Waals surface area contributed by atoms with Gasteiger partial charge in [0.05, 0.1) is 31.2 Å². The summed E-state index contributed by atoms with van der Waals surface area (Å²) in [4.78, 5) is 28.6. The highest BCUT2D eigenvalue weighted by atomic mass is 35.5. The number of nitrogens with one attached hydrogen (secondary N) is 1. The smallest absolute Gasteiger partial charge is 0.282 e. The monoisotopic (exact) mass is 462 g/mol. The van der Waals surface area contributed by atoms with Crippen LogP contribution in [0.25, 0.3) is 5.57 Å². The van der Waals surface area contributed by atoms with Gasteiger partial charge < -0.3 is 14.8 Å². The molecule has 0 radical (unpaired) electrons. The summed E-state index contributed by atoms with van der Waals surface area (Å²) in [5, 5.41) is 3.60. The topological polar surface area (TPSA) is 67.9 Å². The highest BCUT2D eigenvalue weighted by Gasteiger charge is 2.42. The van der Waals surface area contributed by atoms with Crippen molar-refractivity contribution < 1.29 is 19.1 Å². The molecule has 0 fully saturated rings. The number of rotatable bonds is 6. The van der Waals surface area contributed by atoms with E-state index >= 15 is 0 Å². The Morgan fingerprint density at radius 3 is 2.30 bits per heavy atom. The molecular formula is C26H23ClN2O4. The fourth-order valence-corrected chi connectivity index (χ4v) is 4.01. The quantitative estimate of drug-likeness (QED) is 0.499.